The molecule has 0 unspecified atom stereocenters. The molecule has 0 radical (unpaired) electrons. The lowest BCUT2D eigenvalue weighted by Gasteiger charge is -2.08. The SMILES string of the molecule is Cc1ccc(Cn2nc(C)c(C(=O)Nc3cc([N+](=O)[O-])ccc3C)c2Cl)cc1. The quantitative estimate of drug-likeness (QED) is 0.499. The zero-order valence-electron chi connectivity index (χ0n) is 15.7. The lowest BCUT2D eigenvalue weighted by molar-refractivity contribution is -0.384. The second kappa shape index (κ2) is 7.82. The van der Waals surface area contributed by atoms with Crippen LogP contribution in [0.15, 0.2) is 42.5 Å². The van der Waals surface area contributed by atoms with Gasteiger partial charge in [0.05, 0.1) is 28.4 Å². The fraction of sp³-hybridized carbons (Fsp3) is 0.200. The number of anilines is 1. The summed E-state index contributed by atoms with van der Waals surface area (Å²) in [4.78, 5) is 23.3. The second-order valence-electron chi connectivity index (χ2n) is 6.60. The Morgan fingerprint density at radius 3 is 2.50 bits per heavy atom. The van der Waals surface area contributed by atoms with Gasteiger partial charge in [-0.15, -0.1) is 0 Å². The molecular weight excluding hydrogens is 380 g/mol. The first-order chi connectivity index (χ1) is 13.3. The van der Waals surface area contributed by atoms with E-state index in [0.717, 1.165) is 11.1 Å². The molecule has 0 aliphatic heterocycles. The number of nitro benzene ring substituents is 1. The van der Waals surface area contributed by atoms with Crippen LogP contribution in [0.3, 0.4) is 0 Å². The molecule has 144 valence electrons. The van der Waals surface area contributed by atoms with E-state index in [1.165, 1.54) is 12.1 Å². The third-order valence-corrected chi connectivity index (χ3v) is 4.81. The van der Waals surface area contributed by atoms with Crippen LogP contribution >= 0.6 is 11.6 Å². The Labute approximate surface area is 167 Å². The third kappa shape index (κ3) is 4.04. The van der Waals surface area contributed by atoms with E-state index >= 15 is 0 Å². The highest BCUT2D eigenvalue weighted by atomic mass is 35.5. The predicted molar refractivity (Wildman–Crippen MR) is 108 cm³/mol. The topological polar surface area (TPSA) is 90.1 Å². The normalized spacial score (nSPS) is 10.7. The molecule has 3 rings (SSSR count). The molecule has 0 spiro atoms. The zero-order chi connectivity index (χ0) is 20.4. The van der Waals surface area contributed by atoms with Gasteiger partial charge < -0.3 is 5.32 Å². The molecule has 1 amide bonds. The summed E-state index contributed by atoms with van der Waals surface area (Å²) >= 11 is 6.42. The zero-order valence-corrected chi connectivity index (χ0v) is 16.4. The van der Waals surface area contributed by atoms with Crippen molar-refractivity contribution < 1.29 is 9.72 Å². The molecule has 1 N–H and O–H groups in total. The molecule has 0 aliphatic rings. The number of nitrogens with zero attached hydrogens (tertiary/aromatic N) is 3. The molecule has 7 nitrogen and oxygen atoms in total. The Hall–Kier alpha value is -3.19. The van der Waals surface area contributed by atoms with Crippen molar-refractivity contribution in [3.05, 3.63) is 85.7 Å². The van der Waals surface area contributed by atoms with Gasteiger partial charge in [-0.1, -0.05) is 47.5 Å². The predicted octanol–water partition coefficient (Wildman–Crippen LogP) is 4.67. The molecule has 3 aromatic rings. The number of halogens is 1. The minimum atomic E-state index is -0.507. The number of nitro groups is 1. The van der Waals surface area contributed by atoms with Gasteiger partial charge in [0, 0.05) is 12.1 Å². The highest BCUT2D eigenvalue weighted by molar-refractivity contribution is 6.33. The summed E-state index contributed by atoms with van der Waals surface area (Å²) in [6.07, 6.45) is 0. The van der Waals surface area contributed by atoms with E-state index < -0.39 is 10.8 Å². The highest BCUT2D eigenvalue weighted by Gasteiger charge is 2.21. The Morgan fingerprint density at radius 2 is 1.86 bits per heavy atom. The summed E-state index contributed by atoms with van der Waals surface area (Å²) in [6.45, 7) is 5.90. The summed E-state index contributed by atoms with van der Waals surface area (Å²) in [5.41, 5.74) is 3.87. The summed E-state index contributed by atoms with van der Waals surface area (Å²) < 4.78 is 1.57. The van der Waals surface area contributed by atoms with Crippen LogP contribution in [0, 0.1) is 30.9 Å². The second-order valence-corrected chi connectivity index (χ2v) is 6.96. The van der Waals surface area contributed by atoms with Crippen molar-refractivity contribution in [2.45, 2.75) is 27.3 Å². The van der Waals surface area contributed by atoms with Crippen LogP contribution in [0.1, 0.15) is 32.7 Å². The monoisotopic (exact) mass is 398 g/mol. The van der Waals surface area contributed by atoms with Gasteiger partial charge in [0.2, 0.25) is 0 Å². The fourth-order valence-corrected chi connectivity index (χ4v) is 3.15. The first kappa shape index (κ1) is 19.6. The van der Waals surface area contributed by atoms with Crippen LogP contribution in [-0.2, 0) is 6.54 Å². The molecule has 0 saturated carbocycles. The Balaban J connectivity index is 1.87. The van der Waals surface area contributed by atoms with Crippen molar-refractivity contribution >= 4 is 28.9 Å². The summed E-state index contributed by atoms with van der Waals surface area (Å²) in [7, 11) is 0. The van der Waals surface area contributed by atoms with E-state index in [4.69, 9.17) is 11.6 Å². The average Bonchev–Trinajstić information content (AvgIpc) is 2.92. The van der Waals surface area contributed by atoms with Crippen molar-refractivity contribution in [3.63, 3.8) is 0 Å². The van der Waals surface area contributed by atoms with Gasteiger partial charge >= 0.3 is 0 Å². The van der Waals surface area contributed by atoms with Crippen molar-refractivity contribution in [1.82, 2.24) is 9.78 Å². The molecule has 1 aromatic heterocycles. The first-order valence-electron chi connectivity index (χ1n) is 8.61. The van der Waals surface area contributed by atoms with E-state index in [0.29, 0.717) is 23.5 Å². The smallest absolute Gasteiger partial charge is 0.271 e. The molecule has 0 saturated heterocycles. The molecule has 0 atom stereocenters. The van der Waals surface area contributed by atoms with Crippen LogP contribution < -0.4 is 5.32 Å². The Bertz CT molecular complexity index is 1060. The van der Waals surface area contributed by atoms with Gasteiger partial charge in [-0.05, 0) is 31.9 Å². The minimum absolute atomic E-state index is 0.0983. The fourth-order valence-electron chi connectivity index (χ4n) is 2.83. The molecule has 28 heavy (non-hydrogen) atoms. The molecule has 0 aliphatic carbocycles. The number of nitrogens with one attached hydrogen (secondary N) is 1. The van der Waals surface area contributed by atoms with Crippen LogP contribution in [-0.4, -0.2) is 20.6 Å². The van der Waals surface area contributed by atoms with Crippen LogP contribution in [0.25, 0.3) is 0 Å². The molecule has 8 heteroatoms. The van der Waals surface area contributed by atoms with E-state index in [1.54, 1.807) is 24.6 Å². The average molecular weight is 399 g/mol. The number of aromatic nitrogens is 2. The molecule has 0 bridgehead atoms. The Kier molecular flexibility index (Phi) is 5.46. The number of carbonyl (C=O) groups excluding carboxylic acids is 1. The van der Waals surface area contributed by atoms with Crippen molar-refractivity contribution in [2.24, 2.45) is 0 Å². The van der Waals surface area contributed by atoms with E-state index in [1.807, 2.05) is 31.2 Å². The molecule has 0 fully saturated rings. The molecule has 1 heterocycles. The molecule has 2 aromatic carbocycles. The van der Waals surface area contributed by atoms with Crippen molar-refractivity contribution in [3.8, 4) is 0 Å². The van der Waals surface area contributed by atoms with E-state index in [-0.39, 0.29) is 16.4 Å². The number of benzene rings is 2. The Morgan fingerprint density at radius 1 is 1.18 bits per heavy atom. The number of aryl methyl sites for hydroxylation is 3. The summed E-state index contributed by atoms with van der Waals surface area (Å²) in [5, 5.41) is 18.3. The molecular formula is C20H19ClN4O3. The summed E-state index contributed by atoms with van der Waals surface area (Å²) in [6, 6.07) is 12.3. The van der Waals surface area contributed by atoms with Gasteiger partial charge in [-0.25, -0.2) is 4.68 Å². The van der Waals surface area contributed by atoms with Crippen LogP contribution in [0.4, 0.5) is 11.4 Å². The van der Waals surface area contributed by atoms with Gasteiger partial charge in [0.1, 0.15) is 5.15 Å². The summed E-state index contributed by atoms with van der Waals surface area (Å²) in [5.74, 6) is -0.457. The maximum Gasteiger partial charge on any atom is 0.271 e. The number of carbonyl (C=O) groups is 1. The maximum absolute atomic E-state index is 12.8. The minimum Gasteiger partial charge on any atom is -0.321 e. The maximum atomic E-state index is 12.8. The highest BCUT2D eigenvalue weighted by Crippen LogP contribution is 2.26. The first-order valence-corrected chi connectivity index (χ1v) is 8.99. The van der Waals surface area contributed by atoms with Crippen LogP contribution in [0.2, 0.25) is 5.15 Å². The largest absolute Gasteiger partial charge is 0.321 e. The van der Waals surface area contributed by atoms with Gasteiger partial charge in [-0.2, -0.15) is 5.10 Å². The number of non-ortho nitro benzene ring substituents is 1. The standard InChI is InChI=1S/C20H19ClN4O3/c1-12-4-7-15(8-5-12)11-24-19(21)18(14(3)23-24)20(26)22-17-10-16(25(27)28)9-6-13(17)2/h4-10H,11H2,1-3H3,(H,22,26). The van der Waals surface area contributed by atoms with Crippen molar-refractivity contribution in [1.29, 1.82) is 0 Å². The van der Waals surface area contributed by atoms with Gasteiger partial charge in [0.25, 0.3) is 11.6 Å². The lowest BCUT2D eigenvalue weighted by atomic mass is 10.1. The number of amides is 1. The van der Waals surface area contributed by atoms with Gasteiger partial charge in [-0.3, -0.25) is 14.9 Å². The number of hydrogen-bond donors (Lipinski definition) is 1. The van der Waals surface area contributed by atoms with E-state index in [2.05, 4.69) is 10.4 Å². The number of hydrogen-bond acceptors (Lipinski definition) is 4. The van der Waals surface area contributed by atoms with Crippen molar-refractivity contribution in [2.75, 3.05) is 5.32 Å². The lowest BCUT2D eigenvalue weighted by Crippen LogP contribution is -2.14. The number of rotatable bonds is 5. The van der Waals surface area contributed by atoms with Gasteiger partial charge in [0.15, 0.2) is 0 Å². The van der Waals surface area contributed by atoms with E-state index in [9.17, 15) is 14.9 Å². The third-order valence-electron chi connectivity index (χ3n) is 4.43. The van der Waals surface area contributed by atoms with Crippen LogP contribution in [0.5, 0.6) is 0 Å².